The van der Waals surface area contributed by atoms with E-state index in [1.54, 1.807) is 0 Å². The molecule has 3 heteroatoms. The van der Waals surface area contributed by atoms with Gasteiger partial charge in [0, 0.05) is 24.0 Å². The first-order chi connectivity index (χ1) is 9.13. The normalized spacial score (nSPS) is 27.8. The summed E-state index contributed by atoms with van der Waals surface area (Å²) < 4.78 is 1.07. The summed E-state index contributed by atoms with van der Waals surface area (Å²) >= 11 is 3.43. The first kappa shape index (κ1) is 12.9. The highest BCUT2D eigenvalue weighted by Gasteiger charge is 2.40. The third-order valence-electron chi connectivity index (χ3n) is 4.31. The summed E-state index contributed by atoms with van der Waals surface area (Å²) in [5.74, 6) is 1.67. The van der Waals surface area contributed by atoms with Crippen molar-refractivity contribution in [2.24, 2.45) is 17.8 Å². The molecule has 1 aromatic rings. The summed E-state index contributed by atoms with van der Waals surface area (Å²) in [5.41, 5.74) is 1.18. The molecular formula is C16H18BrNO. The zero-order valence-corrected chi connectivity index (χ0v) is 12.6. The van der Waals surface area contributed by atoms with Crippen molar-refractivity contribution < 1.29 is 4.79 Å². The topological polar surface area (TPSA) is 20.3 Å². The number of nitrogens with zero attached hydrogens (tertiary/aromatic N) is 1. The molecule has 2 aliphatic carbocycles. The van der Waals surface area contributed by atoms with Gasteiger partial charge in [0.15, 0.2) is 0 Å². The Balaban J connectivity index is 1.64. The molecule has 1 aromatic carbocycles. The fraction of sp³-hybridized carbons (Fsp3) is 0.438. The van der Waals surface area contributed by atoms with Gasteiger partial charge in [-0.15, -0.1) is 0 Å². The molecule has 1 saturated carbocycles. The van der Waals surface area contributed by atoms with Crippen LogP contribution in [0.1, 0.15) is 18.4 Å². The van der Waals surface area contributed by atoms with E-state index in [1.165, 1.54) is 12.0 Å². The lowest BCUT2D eigenvalue weighted by Crippen LogP contribution is -2.34. The molecule has 0 spiro atoms. The Hall–Kier alpha value is -1.09. The van der Waals surface area contributed by atoms with Crippen LogP contribution in [-0.2, 0) is 11.3 Å². The van der Waals surface area contributed by atoms with Crippen LogP contribution in [0.5, 0.6) is 0 Å². The molecule has 1 amide bonds. The summed E-state index contributed by atoms with van der Waals surface area (Å²) in [7, 11) is 1.92. The van der Waals surface area contributed by atoms with Gasteiger partial charge in [-0.05, 0) is 42.4 Å². The van der Waals surface area contributed by atoms with Gasteiger partial charge in [0.05, 0.1) is 0 Å². The van der Waals surface area contributed by atoms with Crippen LogP contribution < -0.4 is 0 Å². The van der Waals surface area contributed by atoms with Gasteiger partial charge in [0.1, 0.15) is 0 Å². The number of carbonyl (C=O) groups excluding carboxylic acids is 1. The van der Waals surface area contributed by atoms with Crippen molar-refractivity contribution in [3.05, 3.63) is 46.5 Å². The number of hydrogen-bond donors (Lipinski definition) is 0. The first-order valence-electron chi connectivity index (χ1n) is 6.81. The monoisotopic (exact) mass is 319 g/mol. The van der Waals surface area contributed by atoms with Gasteiger partial charge in [0.25, 0.3) is 0 Å². The van der Waals surface area contributed by atoms with Crippen LogP contribution in [0.4, 0.5) is 0 Å². The molecule has 19 heavy (non-hydrogen) atoms. The lowest BCUT2D eigenvalue weighted by atomic mass is 9.92. The molecule has 0 radical (unpaired) electrons. The molecule has 2 bridgehead atoms. The summed E-state index contributed by atoms with van der Waals surface area (Å²) in [6.45, 7) is 0.698. The SMILES string of the molecule is CN(Cc1ccc(Br)cc1)C(=O)C1CC2C=CC1C2. The van der Waals surface area contributed by atoms with Gasteiger partial charge in [-0.3, -0.25) is 4.79 Å². The summed E-state index contributed by atoms with van der Waals surface area (Å²) in [4.78, 5) is 14.4. The quantitative estimate of drug-likeness (QED) is 0.779. The average Bonchev–Trinajstić information content (AvgIpc) is 3.03. The number of halogens is 1. The van der Waals surface area contributed by atoms with E-state index in [2.05, 4.69) is 40.2 Å². The number of rotatable bonds is 3. The molecule has 2 nitrogen and oxygen atoms in total. The Morgan fingerprint density at radius 2 is 2.00 bits per heavy atom. The van der Waals surface area contributed by atoms with Gasteiger partial charge in [0.2, 0.25) is 5.91 Å². The highest BCUT2D eigenvalue weighted by atomic mass is 79.9. The fourth-order valence-corrected chi connectivity index (χ4v) is 3.55. The molecule has 3 rings (SSSR count). The smallest absolute Gasteiger partial charge is 0.226 e. The van der Waals surface area contributed by atoms with Crippen LogP contribution in [0.15, 0.2) is 40.9 Å². The Labute approximate surface area is 122 Å². The zero-order chi connectivity index (χ0) is 13.4. The number of carbonyl (C=O) groups is 1. The number of hydrogen-bond acceptors (Lipinski definition) is 1. The molecule has 2 aliphatic rings. The molecule has 0 saturated heterocycles. The van der Waals surface area contributed by atoms with Gasteiger partial charge in [-0.1, -0.05) is 40.2 Å². The number of amides is 1. The molecule has 3 atom stereocenters. The second-order valence-corrected chi connectivity index (χ2v) is 6.62. The van der Waals surface area contributed by atoms with Crippen molar-refractivity contribution >= 4 is 21.8 Å². The number of fused-ring (bicyclic) bond motifs is 2. The van der Waals surface area contributed by atoms with Gasteiger partial charge >= 0.3 is 0 Å². The predicted octanol–water partition coefficient (Wildman–Crippen LogP) is 3.62. The van der Waals surface area contributed by atoms with E-state index in [-0.39, 0.29) is 5.92 Å². The predicted molar refractivity (Wildman–Crippen MR) is 79.5 cm³/mol. The molecule has 3 unspecified atom stereocenters. The summed E-state index contributed by atoms with van der Waals surface area (Å²) in [6.07, 6.45) is 6.75. The third-order valence-corrected chi connectivity index (χ3v) is 4.83. The molecule has 0 heterocycles. The zero-order valence-electron chi connectivity index (χ0n) is 11.1. The average molecular weight is 320 g/mol. The van der Waals surface area contributed by atoms with Gasteiger partial charge in [-0.2, -0.15) is 0 Å². The van der Waals surface area contributed by atoms with Crippen molar-refractivity contribution in [2.75, 3.05) is 7.05 Å². The lowest BCUT2D eigenvalue weighted by Gasteiger charge is -2.24. The third kappa shape index (κ3) is 2.62. The van der Waals surface area contributed by atoms with E-state index in [0.29, 0.717) is 24.3 Å². The Morgan fingerprint density at radius 1 is 1.26 bits per heavy atom. The minimum absolute atomic E-state index is 0.218. The second-order valence-electron chi connectivity index (χ2n) is 5.71. The molecule has 0 N–H and O–H groups in total. The molecule has 100 valence electrons. The van der Waals surface area contributed by atoms with E-state index in [4.69, 9.17) is 0 Å². The van der Waals surface area contributed by atoms with E-state index in [9.17, 15) is 4.79 Å². The number of benzene rings is 1. The Bertz CT molecular complexity index is 508. The number of allylic oxidation sites excluding steroid dienone is 2. The van der Waals surface area contributed by atoms with Crippen molar-refractivity contribution in [2.45, 2.75) is 19.4 Å². The maximum Gasteiger partial charge on any atom is 0.226 e. The van der Waals surface area contributed by atoms with Crippen LogP contribution in [0.2, 0.25) is 0 Å². The molecule has 0 aliphatic heterocycles. The first-order valence-corrected chi connectivity index (χ1v) is 7.60. The minimum atomic E-state index is 0.218. The van der Waals surface area contributed by atoms with Crippen LogP contribution >= 0.6 is 15.9 Å². The van der Waals surface area contributed by atoms with Gasteiger partial charge in [-0.25, -0.2) is 0 Å². The maximum absolute atomic E-state index is 12.5. The van der Waals surface area contributed by atoms with Crippen molar-refractivity contribution in [3.63, 3.8) is 0 Å². The lowest BCUT2D eigenvalue weighted by molar-refractivity contribution is -0.135. The van der Waals surface area contributed by atoms with Crippen molar-refractivity contribution in [3.8, 4) is 0 Å². The fourth-order valence-electron chi connectivity index (χ4n) is 3.29. The Morgan fingerprint density at radius 3 is 2.58 bits per heavy atom. The van der Waals surface area contributed by atoms with E-state index in [1.807, 2.05) is 24.1 Å². The minimum Gasteiger partial charge on any atom is -0.341 e. The van der Waals surface area contributed by atoms with Crippen LogP contribution in [0.3, 0.4) is 0 Å². The standard InChI is InChI=1S/C16H18BrNO/c1-18(10-11-3-6-14(17)7-4-11)16(19)15-9-12-2-5-13(15)8-12/h2-7,12-13,15H,8-10H2,1H3. The van der Waals surface area contributed by atoms with E-state index >= 15 is 0 Å². The summed E-state index contributed by atoms with van der Waals surface area (Å²) in [5, 5.41) is 0. The van der Waals surface area contributed by atoms with E-state index < -0.39 is 0 Å². The highest BCUT2D eigenvalue weighted by Crippen LogP contribution is 2.44. The van der Waals surface area contributed by atoms with Crippen LogP contribution in [0.25, 0.3) is 0 Å². The van der Waals surface area contributed by atoms with Crippen LogP contribution in [0, 0.1) is 17.8 Å². The largest absolute Gasteiger partial charge is 0.341 e. The van der Waals surface area contributed by atoms with Crippen LogP contribution in [-0.4, -0.2) is 17.9 Å². The molecular weight excluding hydrogens is 302 g/mol. The maximum atomic E-state index is 12.5. The van der Waals surface area contributed by atoms with Crippen molar-refractivity contribution in [1.29, 1.82) is 0 Å². The Kier molecular flexibility index (Phi) is 3.48. The van der Waals surface area contributed by atoms with Gasteiger partial charge < -0.3 is 4.90 Å². The molecule has 1 fully saturated rings. The second kappa shape index (κ2) is 5.12. The molecule has 0 aromatic heterocycles. The summed E-state index contributed by atoms with van der Waals surface area (Å²) in [6, 6.07) is 8.17. The van der Waals surface area contributed by atoms with Crippen molar-refractivity contribution in [1.82, 2.24) is 4.90 Å². The highest BCUT2D eigenvalue weighted by molar-refractivity contribution is 9.10. The van der Waals surface area contributed by atoms with E-state index in [0.717, 1.165) is 10.9 Å².